The molecule has 1 aromatic carbocycles. The molecule has 0 saturated carbocycles. The van der Waals surface area contributed by atoms with Gasteiger partial charge < -0.3 is 4.52 Å². The van der Waals surface area contributed by atoms with Gasteiger partial charge in [-0.3, -0.25) is 9.58 Å². The van der Waals surface area contributed by atoms with Crippen LogP contribution in [0.1, 0.15) is 47.9 Å². The number of piperidine rings is 1. The van der Waals surface area contributed by atoms with Crippen LogP contribution >= 0.6 is 0 Å². The molecule has 1 aliphatic heterocycles. The highest BCUT2D eigenvalue weighted by atomic mass is 16.5. The molecule has 2 aromatic heterocycles. The van der Waals surface area contributed by atoms with Crippen molar-refractivity contribution in [1.29, 1.82) is 0 Å². The van der Waals surface area contributed by atoms with Gasteiger partial charge in [-0.1, -0.05) is 35.8 Å². The zero-order chi connectivity index (χ0) is 17.1. The van der Waals surface area contributed by atoms with Crippen LogP contribution in [0.5, 0.6) is 0 Å². The van der Waals surface area contributed by atoms with Gasteiger partial charge in [0.2, 0.25) is 0 Å². The first-order valence-corrected chi connectivity index (χ1v) is 9.01. The van der Waals surface area contributed by atoms with Gasteiger partial charge in [-0.05, 0) is 43.5 Å². The Hall–Kier alpha value is -2.40. The maximum atomic E-state index is 5.32. The molecule has 0 spiro atoms. The molecule has 0 aliphatic carbocycles. The number of benzene rings is 1. The topological polar surface area (TPSA) is 47.1 Å². The molecular weight excluding hydrogens is 312 g/mol. The quantitative estimate of drug-likeness (QED) is 0.708. The largest absolute Gasteiger partial charge is 0.361 e. The zero-order valence-electron chi connectivity index (χ0n) is 14.6. The predicted octanol–water partition coefficient (Wildman–Crippen LogP) is 3.96. The van der Waals surface area contributed by atoms with Crippen LogP contribution in [0.25, 0.3) is 0 Å². The maximum absolute atomic E-state index is 5.32. The van der Waals surface area contributed by atoms with Crippen LogP contribution in [0.2, 0.25) is 0 Å². The third kappa shape index (κ3) is 3.66. The Morgan fingerprint density at radius 2 is 1.96 bits per heavy atom. The lowest BCUT2D eigenvalue weighted by Crippen LogP contribution is -2.33. The Labute approximate surface area is 148 Å². The summed E-state index contributed by atoms with van der Waals surface area (Å²) in [6.07, 6.45) is 7.48. The summed E-state index contributed by atoms with van der Waals surface area (Å²) in [4.78, 5) is 2.54. The molecule has 0 radical (unpaired) electrons. The summed E-state index contributed by atoms with van der Waals surface area (Å²) < 4.78 is 7.30. The summed E-state index contributed by atoms with van der Waals surface area (Å²) in [5.74, 6) is 0.889. The van der Waals surface area contributed by atoms with E-state index in [4.69, 9.17) is 4.52 Å². The minimum absolute atomic E-state index is 0.351. The second-order valence-electron chi connectivity index (χ2n) is 6.82. The minimum atomic E-state index is 0.351. The Kier molecular flexibility index (Phi) is 4.65. The van der Waals surface area contributed by atoms with E-state index in [0.29, 0.717) is 6.04 Å². The van der Waals surface area contributed by atoms with Crippen molar-refractivity contribution in [1.82, 2.24) is 19.8 Å². The second-order valence-corrected chi connectivity index (χ2v) is 6.82. The first-order valence-electron chi connectivity index (χ1n) is 9.01. The van der Waals surface area contributed by atoms with Crippen LogP contribution in [0.15, 0.2) is 53.3 Å². The van der Waals surface area contributed by atoms with Crippen molar-refractivity contribution < 1.29 is 4.52 Å². The normalized spacial score (nSPS) is 18.5. The lowest BCUT2D eigenvalue weighted by molar-refractivity contribution is 0.133. The van der Waals surface area contributed by atoms with Crippen LogP contribution in [0.4, 0.5) is 0 Å². The summed E-state index contributed by atoms with van der Waals surface area (Å²) in [5.41, 5.74) is 3.76. The van der Waals surface area contributed by atoms with Crippen molar-refractivity contribution in [2.24, 2.45) is 0 Å². The minimum Gasteiger partial charge on any atom is -0.361 e. The van der Waals surface area contributed by atoms with Crippen LogP contribution in [-0.2, 0) is 13.1 Å². The van der Waals surface area contributed by atoms with E-state index in [1.54, 1.807) is 0 Å². The number of aromatic nitrogens is 3. The predicted molar refractivity (Wildman–Crippen MR) is 96.0 cm³/mol. The Bertz CT molecular complexity index is 809. The fourth-order valence-corrected chi connectivity index (χ4v) is 3.71. The van der Waals surface area contributed by atoms with Crippen molar-refractivity contribution in [2.75, 3.05) is 6.54 Å². The first kappa shape index (κ1) is 16.1. The summed E-state index contributed by atoms with van der Waals surface area (Å²) in [7, 11) is 0. The van der Waals surface area contributed by atoms with E-state index in [-0.39, 0.29) is 0 Å². The second kappa shape index (κ2) is 7.23. The highest BCUT2D eigenvalue weighted by molar-refractivity contribution is 5.27. The fraction of sp³-hybridized carbons (Fsp3) is 0.400. The molecule has 1 saturated heterocycles. The molecule has 0 bridgehead atoms. The summed E-state index contributed by atoms with van der Waals surface area (Å²) in [6.45, 7) is 4.81. The molecule has 1 unspecified atom stereocenters. The van der Waals surface area contributed by atoms with E-state index in [9.17, 15) is 0 Å². The van der Waals surface area contributed by atoms with Crippen molar-refractivity contribution in [3.8, 4) is 0 Å². The van der Waals surface area contributed by atoms with E-state index < -0.39 is 0 Å². The van der Waals surface area contributed by atoms with Gasteiger partial charge in [0.05, 0.1) is 12.6 Å². The maximum Gasteiger partial charge on any atom is 0.133 e. The molecule has 5 heteroatoms. The fourth-order valence-electron chi connectivity index (χ4n) is 3.71. The van der Waals surface area contributed by atoms with E-state index in [0.717, 1.165) is 37.5 Å². The average Bonchev–Trinajstić information content (AvgIpc) is 3.29. The molecule has 3 aromatic rings. The summed E-state index contributed by atoms with van der Waals surface area (Å²) >= 11 is 0. The lowest BCUT2D eigenvalue weighted by Gasteiger charge is -2.35. The molecule has 3 heterocycles. The number of nitrogens with zero attached hydrogens (tertiary/aromatic N) is 4. The Balaban J connectivity index is 1.56. The van der Waals surface area contributed by atoms with Gasteiger partial charge in [0.25, 0.3) is 0 Å². The van der Waals surface area contributed by atoms with E-state index in [2.05, 4.69) is 45.5 Å². The molecule has 5 nitrogen and oxygen atoms in total. The third-order valence-electron chi connectivity index (χ3n) is 4.98. The molecule has 130 valence electrons. The smallest absolute Gasteiger partial charge is 0.133 e. The number of aryl methyl sites for hydroxylation is 1. The number of hydrogen-bond donors (Lipinski definition) is 0. The molecular formula is C20H24N4O. The number of hydrogen-bond acceptors (Lipinski definition) is 4. The third-order valence-corrected chi connectivity index (χ3v) is 4.98. The van der Waals surface area contributed by atoms with Gasteiger partial charge in [-0.15, -0.1) is 0 Å². The highest BCUT2D eigenvalue weighted by Crippen LogP contribution is 2.32. The van der Waals surface area contributed by atoms with Gasteiger partial charge >= 0.3 is 0 Å². The number of likely N-dealkylation sites (tertiary alicyclic amines) is 1. The van der Waals surface area contributed by atoms with Crippen LogP contribution in [0, 0.1) is 6.92 Å². The van der Waals surface area contributed by atoms with Crippen LogP contribution in [-0.4, -0.2) is 26.4 Å². The van der Waals surface area contributed by atoms with Gasteiger partial charge in [-0.2, -0.15) is 5.10 Å². The molecule has 1 atom stereocenters. The molecule has 25 heavy (non-hydrogen) atoms. The van der Waals surface area contributed by atoms with Crippen molar-refractivity contribution in [2.45, 2.75) is 45.3 Å². The molecule has 1 fully saturated rings. The first-order chi connectivity index (χ1) is 12.3. The molecule has 0 amide bonds. The number of rotatable bonds is 5. The average molecular weight is 336 g/mol. The van der Waals surface area contributed by atoms with Gasteiger partial charge in [0.15, 0.2) is 0 Å². The van der Waals surface area contributed by atoms with Crippen molar-refractivity contribution in [3.63, 3.8) is 0 Å². The van der Waals surface area contributed by atoms with E-state index in [1.165, 1.54) is 24.0 Å². The molecule has 1 aliphatic rings. The summed E-state index contributed by atoms with van der Waals surface area (Å²) in [6, 6.07) is 13.1. The Morgan fingerprint density at radius 1 is 1.12 bits per heavy atom. The summed E-state index contributed by atoms with van der Waals surface area (Å²) in [5, 5.41) is 8.63. The highest BCUT2D eigenvalue weighted by Gasteiger charge is 2.27. The monoisotopic (exact) mass is 336 g/mol. The van der Waals surface area contributed by atoms with Crippen molar-refractivity contribution >= 4 is 0 Å². The zero-order valence-corrected chi connectivity index (χ0v) is 14.6. The SMILES string of the molecule is Cc1cc(C2CCCCN2Cc2ccccc2Cn2cccn2)no1. The molecule has 0 N–H and O–H groups in total. The van der Waals surface area contributed by atoms with Crippen LogP contribution < -0.4 is 0 Å². The Morgan fingerprint density at radius 3 is 2.68 bits per heavy atom. The van der Waals surface area contributed by atoms with E-state index >= 15 is 0 Å². The molecule has 4 rings (SSSR count). The lowest BCUT2D eigenvalue weighted by atomic mass is 9.97. The van der Waals surface area contributed by atoms with Gasteiger partial charge in [0, 0.05) is 25.0 Å². The van der Waals surface area contributed by atoms with Crippen LogP contribution in [0.3, 0.4) is 0 Å². The van der Waals surface area contributed by atoms with Gasteiger partial charge in [0.1, 0.15) is 11.5 Å². The van der Waals surface area contributed by atoms with Crippen molar-refractivity contribution in [3.05, 3.63) is 71.4 Å². The van der Waals surface area contributed by atoms with Gasteiger partial charge in [-0.25, -0.2) is 0 Å². The standard InChI is InChI=1S/C20H24N4O/c1-16-13-19(22-25-16)20-9-4-5-11-23(20)14-17-7-2-3-8-18(17)15-24-12-6-10-21-24/h2-3,6-8,10,12-13,20H,4-5,9,11,14-15H2,1H3. The van der Waals surface area contributed by atoms with E-state index in [1.807, 2.05) is 30.1 Å².